The van der Waals surface area contributed by atoms with E-state index in [1.54, 1.807) is 23.1 Å². The van der Waals surface area contributed by atoms with E-state index in [9.17, 15) is 9.59 Å². The Morgan fingerprint density at radius 2 is 1.88 bits per heavy atom. The molecule has 1 aromatic carbocycles. The van der Waals surface area contributed by atoms with Gasteiger partial charge in [0.25, 0.3) is 0 Å². The normalized spacial score (nSPS) is 16.5. The fourth-order valence-electron chi connectivity index (χ4n) is 2.87. The van der Waals surface area contributed by atoms with E-state index in [2.05, 4.69) is 5.32 Å². The highest BCUT2D eigenvalue weighted by atomic mass is 16.5. The maximum absolute atomic E-state index is 12.4. The Morgan fingerprint density at radius 1 is 1.23 bits per heavy atom. The Hall–Kier alpha value is -2.52. The number of nitrogens with zero attached hydrogens (tertiary/aromatic N) is 2. The van der Waals surface area contributed by atoms with E-state index in [1.807, 2.05) is 0 Å². The molecule has 3 N–H and O–H groups in total. The van der Waals surface area contributed by atoms with E-state index in [-0.39, 0.29) is 44.7 Å². The lowest BCUT2D eigenvalue weighted by Crippen LogP contribution is -2.47. The number of amides is 3. The van der Waals surface area contributed by atoms with Gasteiger partial charge in [-0.05, 0) is 12.1 Å². The fraction of sp³-hybridized carbons (Fsp3) is 0.529. The fourth-order valence-corrected chi connectivity index (χ4v) is 2.87. The van der Waals surface area contributed by atoms with Crippen molar-refractivity contribution in [2.24, 2.45) is 0 Å². The maximum atomic E-state index is 12.4. The van der Waals surface area contributed by atoms with E-state index < -0.39 is 6.03 Å². The largest absolute Gasteiger partial charge is 0.493 e. The van der Waals surface area contributed by atoms with Crippen LogP contribution in [0.25, 0.3) is 0 Å². The predicted molar refractivity (Wildman–Crippen MR) is 94.6 cm³/mol. The third kappa shape index (κ3) is 4.55. The number of methoxy groups -OCH3 is 2. The first kappa shape index (κ1) is 19.8. The summed E-state index contributed by atoms with van der Waals surface area (Å²) in [6.07, 6.45) is 0.173. The van der Waals surface area contributed by atoms with Gasteiger partial charge in [-0.15, -0.1) is 0 Å². The van der Waals surface area contributed by atoms with Gasteiger partial charge in [-0.1, -0.05) is 0 Å². The molecule has 2 rings (SSSR count). The molecule has 1 unspecified atom stereocenters. The first-order chi connectivity index (χ1) is 12.5. The number of anilines is 1. The minimum atomic E-state index is -0.417. The average Bonchev–Trinajstić information content (AvgIpc) is 3.00. The molecule has 9 heteroatoms. The molecule has 1 aromatic rings. The highest BCUT2D eigenvalue weighted by Gasteiger charge is 2.32. The second-order valence-corrected chi connectivity index (χ2v) is 5.83. The van der Waals surface area contributed by atoms with Crippen LogP contribution in [0.5, 0.6) is 11.5 Å². The number of aliphatic hydroxyl groups excluding tert-OH is 2. The molecule has 1 aliphatic rings. The SMILES string of the molecule is COc1ccc(N2CC(NC(=O)N(CCO)CCO)CC2=O)cc1OC. The number of carbonyl (C=O) groups is 2. The molecule has 0 saturated carbocycles. The zero-order valence-corrected chi connectivity index (χ0v) is 15.0. The third-order valence-corrected chi connectivity index (χ3v) is 4.16. The number of aliphatic hydroxyl groups is 2. The number of nitrogens with one attached hydrogen (secondary N) is 1. The summed E-state index contributed by atoms with van der Waals surface area (Å²) in [6, 6.07) is 4.42. The highest BCUT2D eigenvalue weighted by Crippen LogP contribution is 2.33. The van der Waals surface area contributed by atoms with Crippen LogP contribution in [-0.2, 0) is 4.79 Å². The molecule has 1 saturated heterocycles. The molecular weight excluding hydrogens is 342 g/mol. The van der Waals surface area contributed by atoms with Crippen molar-refractivity contribution in [2.45, 2.75) is 12.5 Å². The van der Waals surface area contributed by atoms with Gasteiger partial charge in [0.05, 0.1) is 33.5 Å². The Bertz CT molecular complexity index is 633. The minimum Gasteiger partial charge on any atom is -0.493 e. The monoisotopic (exact) mass is 367 g/mol. The zero-order chi connectivity index (χ0) is 19.1. The van der Waals surface area contributed by atoms with Crippen molar-refractivity contribution in [2.75, 3.05) is 52.0 Å². The van der Waals surface area contributed by atoms with Crippen LogP contribution in [0.3, 0.4) is 0 Å². The molecular formula is C17H25N3O6. The lowest BCUT2D eigenvalue weighted by Gasteiger charge is -2.24. The maximum Gasteiger partial charge on any atom is 0.317 e. The van der Waals surface area contributed by atoms with Gasteiger partial charge in [-0.25, -0.2) is 4.79 Å². The minimum absolute atomic E-state index is 0.113. The van der Waals surface area contributed by atoms with E-state index in [4.69, 9.17) is 19.7 Å². The molecule has 26 heavy (non-hydrogen) atoms. The van der Waals surface area contributed by atoms with Gasteiger partial charge in [-0.3, -0.25) is 4.79 Å². The van der Waals surface area contributed by atoms with Crippen molar-refractivity contribution < 1.29 is 29.3 Å². The summed E-state index contributed by atoms with van der Waals surface area (Å²) in [6.45, 7) is 0.161. The van der Waals surface area contributed by atoms with Gasteiger partial charge in [0.2, 0.25) is 5.91 Å². The number of benzene rings is 1. The summed E-state index contributed by atoms with van der Waals surface area (Å²) >= 11 is 0. The molecule has 1 fully saturated rings. The second kappa shape index (κ2) is 9.25. The summed E-state index contributed by atoms with van der Waals surface area (Å²) in [4.78, 5) is 27.5. The van der Waals surface area contributed by atoms with Crippen molar-refractivity contribution in [3.8, 4) is 11.5 Å². The molecule has 0 aliphatic carbocycles. The topological polar surface area (TPSA) is 112 Å². The number of carbonyl (C=O) groups excluding carboxylic acids is 2. The summed E-state index contributed by atoms with van der Waals surface area (Å²) in [7, 11) is 3.06. The van der Waals surface area contributed by atoms with E-state index in [0.29, 0.717) is 23.7 Å². The standard InChI is InChI=1S/C17H25N3O6/c1-25-14-4-3-13(10-15(14)26-2)20-11-12(9-16(20)23)18-17(24)19(5-7-21)6-8-22/h3-4,10,12,21-22H,5-9,11H2,1-2H3,(H,18,24). The van der Waals surface area contributed by atoms with Gasteiger partial charge in [0, 0.05) is 37.8 Å². The van der Waals surface area contributed by atoms with Crippen LogP contribution in [0.1, 0.15) is 6.42 Å². The predicted octanol–water partition coefficient (Wildman–Crippen LogP) is -0.195. The van der Waals surface area contributed by atoms with Crippen LogP contribution in [0.15, 0.2) is 18.2 Å². The Balaban J connectivity index is 2.05. The van der Waals surface area contributed by atoms with Crippen molar-refractivity contribution in [3.63, 3.8) is 0 Å². The lowest BCUT2D eigenvalue weighted by atomic mass is 10.2. The smallest absolute Gasteiger partial charge is 0.317 e. The third-order valence-electron chi connectivity index (χ3n) is 4.16. The zero-order valence-electron chi connectivity index (χ0n) is 15.0. The summed E-state index contributed by atoms with van der Waals surface area (Å²) in [5.41, 5.74) is 0.659. The lowest BCUT2D eigenvalue weighted by molar-refractivity contribution is -0.117. The molecule has 0 radical (unpaired) electrons. The van der Waals surface area contributed by atoms with Crippen LogP contribution < -0.4 is 19.7 Å². The van der Waals surface area contributed by atoms with Gasteiger partial charge < -0.3 is 34.8 Å². The molecule has 3 amide bonds. The second-order valence-electron chi connectivity index (χ2n) is 5.83. The highest BCUT2D eigenvalue weighted by molar-refractivity contribution is 5.97. The first-order valence-electron chi connectivity index (χ1n) is 8.33. The number of ether oxygens (including phenoxy) is 2. The van der Waals surface area contributed by atoms with Crippen molar-refractivity contribution in [1.29, 1.82) is 0 Å². The van der Waals surface area contributed by atoms with E-state index >= 15 is 0 Å². The Kier molecular flexibility index (Phi) is 7.05. The summed E-state index contributed by atoms with van der Waals surface area (Å²) in [5.74, 6) is 0.970. The van der Waals surface area contributed by atoms with Gasteiger partial charge in [0.15, 0.2) is 11.5 Å². The Labute approximate surface area is 152 Å². The molecule has 0 spiro atoms. The van der Waals surface area contributed by atoms with Crippen LogP contribution >= 0.6 is 0 Å². The molecule has 144 valence electrons. The summed E-state index contributed by atoms with van der Waals surface area (Å²) < 4.78 is 10.5. The van der Waals surface area contributed by atoms with Crippen LogP contribution in [0, 0.1) is 0 Å². The molecule has 9 nitrogen and oxygen atoms in total. The molecule has 1 aliphatic heterocycles. The molecule has 0 aromatic heterocycles. The summed E-state index contributed by atoms with van der Waals surface area (Å²) in [5, 5.41) is 20.8. The van der Waals surface area contributed by atoms with Crippen LogP contribution in [0.4, 0.5) is 10.5 Å². The molecule has 1 heterocycles. The van der Waals surface area contributed by atoms with Crippen molar-refractivity contribution >= 4 is 17.6 Å². The van der Waals surface area contributed by atoms with Crippen molar-refractivity contribution in [1.82, 2.24) is 10.2 Å². The quantitative estimate of drug-likeness (QED) is 0.587. The van der Waals surface area contributed by atoms with Crippen LogP contribution in [0.2, 0.25) is 0 Å². The molecule has 1 atom stereocenters. The number of urea groups is 1. The van der Waals surface area contributed by atoms with Gasteiger partial charge in [-0.2, -0.15) is 0 Å². The van der Waals surface area contributed by atoms with E-state index in [0.717, 1.165) is 0 Å². The molecule has 0 bridgehead atoms. The van der Waals surface area contributed by atoms with Gasteiger partial charge in [0.1, 0.15) is 0 Å². The van der Waals surface area contributed by atoms with Crippen molar-refractivity contribution in [3.05, 3.63) is 18.2 Å². The number of hydrogen-bond acceptors (Lipinski definition) is 6. The Morgan fingerprint density at radius 3 is 2.46 bits per heavy atom. The van der Waals surface area contributed by atoms with Crippen LogP contribution in [-0.4, -0.2) is 80.2 Å². The van der Waals surface area contributed by atoms with Gasteiger partial charge >= 0.3 is 6.03 Å². The number of hydrogen-bond donors (Lipinski definition) is 3. The first-order valence-corrected chi connectivity index (χ1v) is 8.33. The average molecular weight is 367 g/mol. The number of rotatable bonds is 8. The van der Waals surface area contributed by atoms with E-state index in [1.165, 1.54) is 19.1 Å².